The molecule has 2 N–H and O–H groups in total. The molecule has 30 heavy (non-hydrogen) atoms. The Hall–Kier alpha value is -2.96. The SMILES string of the molecule is O=C(O)/C=C(/C(=O)O)C1C(OCc2ccc(-c3ccccc3)cc2)C2CCN1CC2. The standard InChI is InChI=1S/C24H25NO5/c26-21(27)14-20(24(28)29)22-23(19-10-12-25(22)13-11-19)30-15-16-6-8-18(9-7-16)17-4-2-1-3-5-17/h1-9,14,19,22-23H,10-13,15H2,(H,26,27)(H,28,29)/b20-14+. The molecule has 0 radical (unpaired) electrons. The maximum absolute atomic E-state index is 11.8. The molecule has 3 heterocycles. The third-order valence-electron chi connectivity index (χ3n) is 6.09. The fourth-order valence-electron chi connectivity index (χ4n) is 4.62. The van der Waals surface area contributed by atoms with Crippen molar-refractivity contribution in [3.8, 4) is 11.1 Å². The van der Waals surface area contributed by atoms with E-state index in [0.717, 1.165) is 48.7 Å². The first-order chi connectivity index (χ1) is 14.5. The summed E-state index contributed by atoms with van der Waals surface area (Å²) in [6.07, 6.45) is 2.36. The summed E-state index contributed by atoms with van der Waals surface area (Å²) in [6, 6.07) is 17.7. The zero-order valence-electron chi connectivity index (χ0n) is 16.6. The summed E-state index contributed by atoms with van der Waals surface area (Å²) >= 11 is 0. The van der Waals surface area contributed by atoms with Crippen LogP contribution in [0.25, 0.3) is 11.1 Å². The van der Waals surface area contributed by atoms with Crippen molar-refractivity contribution in [3.05, 3.63) is 71.8 Å². The molecule has 0 spiro atoms. The molecule has 156 valence electrons. The quantitative estimate of drug-likeness (QED) is 0.684. The number of hydrogen-bond donors (Lipinski definition) is 2. The van der Waals surface area contributed by atoms with Crippen LogP contribution in [0, 0.1) is 5.92 Å². The molecule has 2 aromatic carbocycles. The summed E-state index contributed by atoms with van der Waals surface area (Å²) in [7, 11) is 0. The Bertz CT molecular complexity index is 930. The van der Waals surface area contributed by atoms with Gasteiger partial charge in [-0.2, -0.15) is 0 Å². The van der Waals surface area contributed by atoms with Crippen molar-refractivity contribution >= 4 is 11.9 Å². The first kappa shape index (κ1) is 20.3. The van der Waals surface area contributed by atoms with Crippen molar-refractivity contribution in [2.24, 2.45) is 5.92 Å². The van der Waals surface area contributed by atoms with Crippen molar-refractivity contribution in [3.63, 3.8) is 0 Å². The molecule has 2 unspecified atom stereocenters. The van der Waals surface area contributed by atoms with E-state index in [4.69, 9.17) is 9.84 Å². The number of piperidine rings is 3. The van der Waals surface area contributed by atoms with Gasteiger partial charge in [0.2, 0.25) is 0 Å². The molecule has 0 saturated carbocycles. The van der Waals surface area contributed by atoms with Crippen LogP contribution >= 0.6 is 0 Å². The van der Waals surface area contributed by atoms with Gasteiger partial charge in [-0.15, -0.1) is 0 Å². The molecular weight excluding hydrogens is 382 g/mol. The number of carboxylic acid groups (broad SMARTS) is 2. The van der Waals surface area contributed by atoms with Crippen LogP contribution in [0.15, 0.2) is 66.2 Å². The van der Waals surface area contributed by atoms with Crippen LogP contribution in [0.3, 0.4) is 0 Å². The Balaban J connectivity index is 1.51. The number of nitrogens with zero attached hydrogens (tertiary/aromatic N) is 1. The van der Waals surface area contributed by atoms with E-state index in [1.165, 1.54) is 0 Å². The lowest BCUT2D eigenvalue weighted by Crippen LogP contribution is -2.60. The number of carboxylic acids is 2. The first-order valence-electron chi connectivity index (χ1n) is 10.2. The average Bonchev–Trinajstić information content (AvgIpc) is 2.77. The Morgan fingerprint density at radius 1 is 0.967 bits per heavy atom. The molecular formula is C24H25NO5. The van der Waals surface area contributed by atoms with E-state index in [2.05, 4.69) is 24.3 Å². The second-order valence-electron chi connectivity index (χ2n) is 7.90. The number of rotatable bonds is 7. The van der Waals surface area contributed by atoms with Gasteiger partial charge in [-0.3, -0.25) is 4.90 Å². The van der Waals surface area contributed by atoms with Gasteiger partial charge in [-0.25, -0.2) is 9.59 Å². The molecule has 0 aromatic heterocycles. The van der Waals surface area contributed by atoms with Crippen LogP contribution in [0.2, 0.25) is 0 Å². The molecule has 3 saturated heterocycles. The number of ether oxygens (including phenoxy) is 1. The van der Waals surface area contributed by atoms with Crippen molar-refractivity contribution in [1.82, 2.24) is 4.90 Å². The Kier molecular flexibility index (Phi) is 5.97. The number of hydrogen-bond acceptors (Lipinski definition) is 4. The maximum atomic E-state index is 11.8. The van der Waals surface area contributed by atoms with Crippen LogP contribution in [0.4, 0.5) is 0 Å². The molecule has 3 fully saturated rings. The number of benzene rings is 2. The molecule has 0 aliphatic carbocycles. The molecule has 3 aliphatic rings. The second-order valence-corrected chi connectivity index (χ2v) is 7.90. The van der Waals surface area contributed by atoms with Gasteiger partial charge in [-0.05, 0) is 48.5 Å². The van der Waals surface area contributed by atoms with Crippen LogP contribution in [0.5, 0.6) is 0 Å². The highest BCUT2D eigenvalue weighted by molar-refractivity contribution is 5.95. The minimum absolute atomic E-state index is 0.101. The molecule has 2 aromatic rings. The number of aliphatic carboxylic acids is 2. The van der Waals surface area contributed by atoms with Gasteiger partial charge in [0.25, 0.3) is 0 Å². The smallest absolute Gasteiger partial charge is 0.333 e. The van der Waals surface area contributed by atoms with Crippen molar-refractivity contribution in [2.45, 2.75) is 31.6 Å². The summed E-state index contributed by atoms with van der Waals surface area (Å²) in [5.41, 5.74) is 3.17. The van der Waals surface area contributed by atoms with E-state index in [9.17, 15) is 14.7 Å². The van der Waals surface area contributed by atoms with E-state index in [-0.39, 0.29) is 17.6 Å². The van der Waals surface area contributed by atoms with Gasteiger partial charge in [0, 0.05) is 6.08 Å². The highest BCUT2D eigenvalue weighted by Crippen LogP contribution is 2.38. The summed E-state index contributed by atoms with van der Waals surface area (Å²) in [4.78, 5) is 25.0. The predicted octanol–water partition coefficient (Wildman–Crippen LogP) is 3.43. The van der Waals surface area contributed by atoms with Gasteiger partial charge in [0.05, 0.1) is 24.3 Å². The Labute approximate surface area is 175 Å². The summed E-state index contributed by atoms with van der Waals surface area (Å²) in [5, 5.41) is 18.8. The molecule has 3 aliphatic heterocycles. The van der Waals surface area contributed by atoms with Gasteiger partial charge >= 0.3 is 11.9 Å². The summed E-state index contributed by atoms with van der Waals surface area (Å²) in [6.45, 7) is 1.90. The van der Waals surface area contributed by atoms with E-state index in [0.29, 0.717) is 6.61 Å². The fraction of sp³-hybridized carbons (Fsp3) is 0.333. The maximum Gasteiger partial charge on any atom is 0.333 e. The van der Waals surface area contributed by atoms with E-state index >= 15 is 0 Å². The molecule has 2 bridgehead atoms. The number of carbonyl (C=O) groups is 2. The van der Waals surface area contributed by atoms with Gasteiger partial charge in [-0.1, -0.05) is 54.6 Å². The third-order valence-corrected chi connectivity index (χ3v) is 6.09. The largest absolute Gasteiger partial charge is 0.478 e. The van der Waals surface area contributed by atoms with E-state index in [1.807, 2.05) is 35.2 Å². The lowest BCUT2D eigenvalue weighted by atomic mass is 9.77. The van der Waals surface area contributed by atoms with E-state index in [1.54, 1.807) is 0 Å². The van der Waals surface area contributed by atoms with Crippen molar-refractivity contribution in [2.75, 3.05) is 13.1 Å². The second kappa shape index (κ2) is 8.81. The Morgan fingerprint density at radius 3 is 2.20 bits per heavy atom. The topological polar surface area (TPSA) is 87.1 Å². The average molecular weight is 407 g/mol. The van der Waals surface area contributed by atoms with Gasteiger partial charge < -0.3 is 14.9 Å². The van der Waals surface area contributed by atoms with E-state index < -0.39 is 18.0 Å². The molecule has 0 amide bonds. The zero-order valence-corrected chi connectivity index (χ0v) is 16.6. The number of fused-ring (bicyclic) bond motifs is 3. The first-order valence-corrected chi connectivity index (χ1v) is 10.2. The zero-order chi connectivity index (χ0) is 21.1. The Morgan fingerprint density at radius 2 is 1.60 bits per heavy atom. The minimum Gasteiger partial charge on any atom is -0.478 e. The van der Waals surface area contributed by atoms with Crippen LogP contribution in [-0.4, -0.2) is 52.3 Å². The predicted molar refractivity (Wildman–Crippen MR) is 112 cm³/mol. The minimum atomic E-state index is -1.25. The highest BCUT2D eigenvalue weighted by Gasteiger charge is 2.46. The summed E-state index contributed by atoms with van der Waals surface area (Å²) in [5.74, 6) is -2.21. The summed E-state index contributed by atoms with van der Waals surface area (Å²) < 4.78 is 6.24. The van der Waals surface area contributed by atoms with Crippen LogP contribution in [-0.2, 0) is 20.9 Å². The van der Waals surface area contributed by atoms with Gasteiger partial charge in [0.1, 0.15) is 0 Å². The van der Waals surface area contributed by atoms with Gasteiger partial charge in [0.15, 0.2) is 0 Å². The van der Waals surface area contributed by atoms with Crippen molar-refractivity contribution in [1.29, 1.82) is 0 Å². The van der Waals surface area contributed by atoms with Crippen LogP contribution in [0.1, 0.15) is 18.4 Å². The lowest BCUT2D eigenvalue weighted by molar-refractivity contribution is -0.140. The van der Waals surface area contributed by atoms with Crippen LogP contribution < -0.4 is 0 Å². The molecule has 5 rings (SSSR count). The molecule has 2 atom stereocenters. The monoisotopic (exact) mass is 407 g/mol. The van der Waals surface area contributed by atoms with Crippen molar-refractivity contribution < 1.29 is 24.5 Å². The lowest BCUT2D eigenvalue weighted by Gasteiger charge is -2.50. The molecule has 6 heteroatoms. The normalized spacial score (nSPS) is 25.8. The molecule has 6 nitrogen and oxygen atoms in total. The fourth-order valence-corrected chi connectivity index (χ4v) is 4.62. The third kappa shape index (κ3) is 4.30. The highest BCUT2D eigenvalue weighted by atomic mass is 16.5.